The molecule has 7 nitrogen and oxygen atoms in total. The Kier molecular flexibility index (Phi) is 7.07. The summed E-state index contributed by atoms with van der Waals surface area (Å²) >= 11 is 1.52. The second-order valence-electron chi connectivity index (χ2n) is 9.84. The highest BCUT2D eigenvalue weighted by Crippen LogP contribution is 2.28. The molecule has 2 N–H and O–H groups in total. The summed E-state index contributed by atoms with van der Waals surface area (Å²) < 4.78 is 0. The molecule has 2 aromatic heterocycles. The number of aromatic nitrogens is 2. The van der Waals surface area contributed by atoms with Crippen LogP contribution in [0.3, 0.4) is 0 Å². The van der Waals surface area contributed by atoms with Crippen LogP contribution in [-0.4, -0.2) is 60.5 Å². The quantitative estimate of drug-likeness (QED) is 0.521. The van der Waals surface area contributed by atoms with Crippen LogP contribution in [0.1, 0.15) is 36.1 Å². The van der Waals surface area contributed by atoms with E-state index in [1.165, 1.54) is 11.3 Å². The monoisotopic (exact) mass is 478 g/mol. The Labute approximate surface area is 206 Å². The molecule has 34 heavy (non-hydrogen) atoms. The smallest absolute Gasteiger partial charge is 0.273 e. The molecule has 0 atom stereocenters. The fraction of sp³-hybridized carbons (Fsp3) is 0.423. The van der Waals surface area contributed by atoms with Crippen LogP contribution in [-0.2, 0) is 0 Å². The Hall–Kier alpha value is -3.13. The number of nitrogens with zero attached hydrogens (tertiary/aromatic N) is 4. The molecule has 3 heterocycles. The number of hydrogen-bond donors (Lipinski definition) is 2. The zero-order valence-corrected chi connectivity index (χ0v) is 21.5. The maximum Gasteiger partial charge on any atom is 0.273 e. The Morgan fingerprint density at radius 2 is 1.76 bits per heavy atom. The average molecular weight is 479 g/mol. The van der Waals surface area contributed by atoms with Gasteiger partial charge >= 0.3 is 0 Å². The van der Waals surface area contributed by atoms with E-state index in [9.17, 15) is 4.79 Å². The number of hydrogen-bond acceptors (Lipinski definition) is 7. The summed E-state index contributed by atoms with van der Waals surface area (Å²) in [6.07, 6.45) is 0. The van der Waals surface area contributed by atoms with E-state index in [-0.39, 0.29) is 11.3 Å². The van der Waals surface area contributed by atoms with Gasteiger partial charge < -0.3 is 20.4 Å². The van der Waals surface area contributed by atoms with Crippen LogP contribution in [0.2, 0.25) is 0 Å². The topological polar surface area (TPSA) is 73.4 Å². The van der Waals surface area contributed by atoms with Gasteiger partial charge in [-0.15, -0.1) is 11.3 Å². The van der Waals surface area contributed by atoms with E-state index in [0.29, 0.717) is 18.8 Å². The Morgan fingerprint density at radius 3 is 2.35 bits per heavy atom. The molecule has 1 amide bonds. The van der Waals surface area contributed by atoms with E-state index in [2.05, 4.69) is 77.7 Å². The summed E-state index contributed by atoms with van der Waals surface area (Å²) in [5, 5.41) is 6.71. The molecule has 0 unspecified atom stereocenters. The molecule has 0 saturated carbocycles. The molecule has 1 saturated heterocycles. The highest BCUT2D eigenvalue weighted by molar-refractivity contribution is 7.09. The zero-order chi connectivity index (χ0) is 24.3. The first-order chi connectivity index (χ1) is 16.2. The van der Waals surface area contributed by atoms with E-state index < -0.39 is 0 Å². The van der Waals surface area contributed by atoms with Gasteiger partial charge in [-0.25, -0.2) is 9.97 Å². The van der Waals surface area contributed by atoms with E-state index in [1.807, 2.05) is 18.9 Å². The number of anilines is 3. The van der Waals surface area contributed by atoms with Crippen LogP contribution in [0, 0.1) is 12.3 Å². The van der Waals surface area contributed by atoms with Crippen molar-refractivity contribution in [1.82, 2.24) is 14.9 Å². The van der Waals surface area contributed by atoms with Crippen molar-refractivity contribution in [2.75, 3.05) is 55.3 Å². The van der Waals surface area contributed by atoms with Crippen LogP contribution in [0.25, 0.3) is 11.3 Å². The van der Waals surface area contributed by atoms with Gasteiger partial charge in [-0.05, 0) is 36.6 Å². The van der Waals surface area contributed by atoms with Crippen LogP contribution in [0.15, 0.2) is 41.9 Å². The van der Waals surface area contributed by atoms with E-state index in [0.717, 1.165) is 53.0 Å². The van der Waals surface area contributed by atoms with Gasteiger partial charge in [0, 0.05) is 55.9 Å². The number of thiazole rings is 1. The predicted molar refractivity (Wildman–Crippen MR) is 142 cm³/mol. The first kappa shape index (κ1) is 24.0. The molecular formula is C26H34N6OS. The molecule has 0 radical (unpaired) electrons. The van der Waals surface area contributed by atoms with Crippen molar-refractivity contribution in [3.05, 3.63) is 52.5 Å². The summed E-state index contributed by atoms with van der Waals surface area (Å²) in [6.45, 7) is 12.5. The molecule has 4 rings (SSSR count). The second kappa shape index (κ2) is 10.0. The van der Waals surface area contributed by atoms with Crippen molar-refractivity contribution in [3.8, 4) is 11.3 Å². The molecule has 0 aliphatic carbocycles. The lowest BCUT2D eigenvalue weighted by atomic mass is 9.97. The molecule has 1 aliphatic rings. The third kappa shape index (κ3) is 5.50. The largest absolute Gasteiger partial charge is 0.382 e. The highest BCUT2D eigenvalue weighted by Gasteiger charge is 2.24. The van der Waals surface area contributed by atoms with E-state index >= 15 is 0 Å². The minimum absolute atomic E-state index is 0.0422. The number of carbonyl (C=O) groups is 1. The predicted octanol–water partition coefficient (Wildman–Crippen LogP) is 4.98. The van der Waals surface area contributed by atoms with Gasteiger partial charge in [-0.2, -0.15) is 0 Å². The lowest BCUT2D eigenvalue weighted by Gasteiger charge is -2.36. The van der Waals surface area contributed by atoms with Gasteiger partial charge in [0.15, 0.2) is 0 Å². The summed E-state index contributed by atoms with van der Waals surface area (Å²) in [4.78, 5) is 27.0. The summed E-state index contributed by atoms with van der Waals surface area (Å²) in [5.41, 5.74) is 6.72. The van der Waals surface area contributed by atoms with Gasteiger partial charge in [0.25, 0.3) is 5.91 Å². The fourth-order valence-corrected chi connectivity index (χ4v) is 4.55. The third-order valence-corrected chi connectivity index (χ3v) is 6.74. The normalized spacial score (nSPS) is 14.3. The minimum atomic E-state index is 0.0422. The maximum atomic E-state index is 12.7. The van der Waals surface area contributed by atoms with Crippen LogP contribution >= 0.6 is 11.3 Å². The molecule has 1 fully saturated rings. The van der Waals surface area contributed by atoms with E-state index in [4.69, 9.17) is 4.98 Å². The first-order valence-electron chi connectivity index (χ1n) is 11.7. The van der Waals surface area contributed by atoms with Gasteiger partial charge in [0.05, 0.1) is 16.9 Å². The van der Waals surface area contributed by atoms with Gasteiger partial charge in [-0.3, -0.25) is 4.79 Å². The van der Waals surface area contributed by atoms with Crippen molar-refractivity contribution < 1.29 is 4.79 Å². The van der Waals surface area contributed by atoms with Crippen molar-refractivity contribution in [2.24, 2.45) is 5.41 Å². The Balaban J connectivity index is 1.40. The van der Waals surface area contributed by atoms with E-state index in [1.54, 1.807) is 5.51 Å². The van der Waals surface area contributed by atoms with Crippen LogP contribution < -0.4 is 15.5 Å². The maximum absolute atomic E-state index is 12.7. The van der Waals surface area contributed by atoms with Crippen molar-refractivity contribution in [1.29, 1.82) is 0 Å². The van der Waals surface area contributed by atoms with Gasteiger partial charge in [0.2, 0.25) is 0 Å². The van der Waals surface area contributed by atoms with Gasteiger partial charge in [0.1, 0.15) is 11.5 Å². The SMILES string of the molecule is CNc1nc(-c2ccc(N3CCN(C(=O)c4ncsc4C)CC3)cc2)ccc1NCC(C)(C)C. The number of amides is 1. The highest BCUT2D eigenvalue weighted by atomic mass is 32.1. The number of nitrogens with one attached hydrogen (secondary N) is 2. The van der Waals surface area contributed by atoms with Crippen molar-refractivity contribution >= 4 is 34.4 Å². The molecule has 0 bridgehead atoms. The number of carbonyl (C=O) groups excluding carboxylic acids is 1. The molecule has 0 spiro atoms. The molecule has 8 heteroatoms. The zero-order valence-electron chi connectivity index (χ0n) is 20.7. The number of rotatable bonds is 6. The number of piperazine rings is 1. The molecular weight excluding hydrogens is 444 g/mol. The summed E-state index contributed by atoms with van der Waals surface area (Å²) in [6, 6.07) is 12.7. The second-order valence-corrected chi connectivity index (χ2v) is 10.9. The van der Waals surface area contributed by atoms with Crippen LogP contribution in [0.5, 0.6) is 0 Å². The molecule has 1 aromatic carbocycles. The lowest BCUT2D eigenvalue weighted by Crippen LogP contribution is -2.49. The molecule has 3 aromatic rings. The lowest BCUT2D eigenvalue weighted by molar-refractivity contribution is 0.0741. The standard InChI is InChI=1S/C26H34N6OS/c1-18-23(29-17-34-18)25(33)32-14-12-31(13-15-32)20-8-6-19(7-9-20)21-10-11-22(24(27-5)30-21)28-16-26(2,3)4/h6-11,17,28H,12-16H2,1-5H3,(H,27,30). The van der Waals surface area contributed by atoms with Crippen molar-refractivity contribution in [2.45, 2.75) is 27.7 Å². The Bertz CT molecular complexity index is 1130. The summed E-state index contributed by atoms with van der Waals surface area (Å²) in [7, 11) is 1.90. The van der Waals surface area contributed by atoms with Gasteiger partial charge in [-0.1, -0.05) is 32.9 Å². The summed E-state index contributed by atoms with van der Waals surface area (Å²) in [5.74, 6) is 0.891. The Morgan fingerprint density at radius 1 is 1.06 bits per heavy atom. The fourth-order valence-electron chi connectivity index (χ4n) is 3.98. The minimum Gasteiger partial charge on any atom is -0.382 e. The molecule has 180 valence electrons. The number of pyridine rings is 1. The molecule has 1 aliphatic heterocycles. The average Bonchev–Trinajstić information content (AvgIpc) is 3.27. The third-order valence-electron chi connectivity index (χ3n) is 5.98. The number of benzene rings is 1. The first-order valence-corrected chi connectivity index (χ1v) is 12.6. The van der Waals surface area contributed by atoms with Crippen LogP contribution in [0.4, 0.5) is 17.2 Å². The number of aryl methyl sites for hydroxylation is 1. The van der Waals surface area contributed by atoms with Crippen molar-refractivity contribution in [3.63, 3.8) is 0 Å².